The van der Waals surface area contributed by atoms with Gasteiger partial charge in [-0.2, -0.15) is 0 Å². The summed E-state index contributed by atoms with van der Waals surface area (Å²) in [6.45, 7) is 4.08. The van der Waals surface area contributed by atoms with E-state index < -0.39 is 10.0 Å². The van der Waals surface area contributed by atoms with Crippen molar-refractivity contribution in [1.29, 1.82) is 0 Å². The third-order valence-electron chi connectivity index (χ3n) is 1.91. The van der Waals surface area contributed by atoms with E-state index >= 15 is 0 Å². The third-order valence-corrected chi connectivity index (χ3v) is 2.92. The van der Waals surface area contributed by atoms with Gasteiger partial charge in [0, 0.05) is 0 Å². The van der Waals surface area contributed by atoms with E-state index in [9.17, 15) is 8.42 Å². The molecular weight excluding hydrogens is 234 g/mol. The van der Waals surface area contributed by atoms with E-state index in [1.807, 2.05) is 19.9 Å². The van der Waals surface area contributed by atoms with Gasteiger partial charge in [-0.1, -0.05) is 32.0 Å². The number of nitrogens with two attached hydrogens (primary N) is 1. The highest BCUT2D eigenvalue weighted by atomic mass is 35.5. The van der Waals surface area contributed by atoms with E-state index in [1.54, 1.807) is 18.2 Å². The average Bonchev–Trinajstić information content (AvgIpc) is 2.01. The Morgan fingerprint density at radius 2 is 1.80 bits per heavy atom. The van der Waals surface area contributed by atoms with Gasteiger partial charge in [0.15, 0.2) is 0 Å². The van der Waals surface area contributed by atoms with Gasteiger partial charge in [0.05, 0.1) is 4.90 Å². The Balaban J connectivity index is 0.00000196. The van der Waals surface area contributed by atoms with Crippen LogP contribution in [0.1, 0.15) is 19.4 Å². The Labute approximate surface area is 97.1 Å². The molecule has 0 fully saturated rings. The zero-order valence-corrected chi connectivity index (χ0v) is 10.4. The van der Waals surface area contributed by atoms with Gasteiger partial charge in [-0.05, 0) is 24.0 Å². The van der Waals surface area contributed by atoms with Crippen molar-refractivity contribution in [2.75, 3.05) is 0 Å². The third kappa shape index (κ3) is 4.20. The summed E-state index contributed by atoms with van der Waals surface area (Å²) >= 11 is 0. The highest BCUT2D eigenvalue weighted by molar-refractivity contribution is 7.89. The molecule has 3 nitrogen and oxygen atoms in total. The minimum absolute atomic E-state index is 0. The minimum atomic E-state index is -3.58. The predicted molar refractivity (Wildman–Crippen MR) is 63.6 cm³/mol. The second-order valence-electron chi connectivity index (χ2n) is 3.75. The highest BCUT2D eigenvalue weighted by Crippen LogP contribution is 2.17. The quantitative estimate of drug-likeness (QED) is 0.890. The molecule has 0 saturated carbocycles. The summed E-state index contributed by atoms with van der Waals surface area (Å²) in [5, 5.41) is 5.11. The molecule has 2 N–H and O–H groups in total. The lowest BCUT2D eigenvalue weighted by Crippen LogP contribution is -2.15. The van der Waals surface area contributed by atoms with Gasteiger partial charge < -0.3 is 0 Å². The van der Waals surface area contributed by atoms with Crippen LogP contribution in [-0.4, -0.2) is 8.42 Å². The van der Waals surface area contributed by atoms with Gasteiger partial charge in [0.1, 0.15) is 0 Å². The average molecular weight is 250 g/mol. The first-order valence-corrected chi connectivity index (χ1v) is 6.06. The lowest BCUT2D eigenvalue weighted by atomic mass is 10.0. The van der Waals surface area contributed by atoms with E-state index in [2.05, 4.69) is 0 Å². The zero-order valence-electron chi connectivity index (χ0n) is 8.80. The molecule has 0 bridgehead atoms. The Kier molecular flexibility index (Phi) is 5.28. The van der Waals surface area contributed by atoms with Crippen LogP contribution in [0.4, 0.5) is 0 Å². The molecule has 0 atom stereocenters. The molecule has 0 amide bonds. The predicted octanol–water partition coefficient (Wildman–Crippen LogP) is 1.95. The van der Waals surface area contributed by atoms with Gasteiger partial charge in [-0.25, -0.2) is 13.6 Å². The Morgan fingerprint density at radius 1 is 1.27 bits per heavy atom. The van der Waals surface area contributed by atoms with E-state index in [0.29, 0.717) is 5.92 Å². The lowest BCUT2D eigenvalue weighted by molar-refractivity contribution is 0.592. The van der Waals surface area contributed by atoms with Crippen LogP contribution in [0.5, 0.6) is 0 Å². The SMILES string of the molecule is CC(C)Cc1ccccc1S(N)(=O)=O.Cl. The minimum Gasteiger partial charge on any atom is -0.225 e. The summed E-state index contributed by atoms with van der Waals surface area (Å²) in [4.78, 5) is 0.244. The van der Waals surface area contributed by atoms with Crippen molar-refractivity contribution in [2.45, 2.75) is 25.2 Å². The maximum absolute atomic E-state index is 11.2. The summed E-state index contributed by atoms with van der Waals surface area (Å²) in [5.41, 5.74) is 0.796. The fraction of sp³-hybridized carbons (Fsp3) is 0.400. The molecule has 0 aliphatic rings. The molecule has 0 aliphatic heterocycles. The van der Waals surface area contributed by atoms with Crippen molar-refractivity contribution in [1.82, 2.24) is 0 Å². The van der Waals surface area contributed by atoms with Gasteiger partial charge >= 0.3 is 0 Å². The number of rotatable bonds is 3. The molecule has 0 saturated heterocycles. The number of primary sulfonamides is 1. The normalized spacial score (nSPS) is 11.2. The summed E-state index contributed by atoms with van der Waals surface area (Å²) in [6.07, 6.45) is 0.729. The van der Waals surface area contributed by atoms with Crippen molar-refractivity contribution in [3.8, 4) is 0 Å². The highest BCUT2D eigenvalue weighted by Gasteiger charge is 2.13. The molecule has 0 unspecified atom stereocenters. The second kappa shape index (κ2) is 5.49. The van der Waals surface area contributed by atoms with Crippen LogP contribution in [0.25, 0.3) is 0 Å². The fourth-order valence-corrected chi connectivity index (χ4v) is 2.17. The topological polar surface area (TPSA) is 60.2 Å². The molecule has 0 aliphatic carbocycles. The molecule has 0 radical (unpaired) electrons. The Hall–Kier alpha value is -0.580. The van der Waals surface area contributed by atoms with Crippen LogP contribution < -0.4 is 5.14 Å². The standard InChI is InChI=1S/C10H15NO2S.ClH/c1-8(2)7-9-5-3-4-6-10(9)14(11,12)13;/h3-6,8H,7H2,1-2H3,(H2,11,12,13);1H. The zero-order chi connectivity index (χ0) is 10.8. The number of hydrogen-bond donors (Lipinski definition) is 1. The molecule has 1 aromatic carbocycles. The van der Waals surface area contributed by atoms with Gasteiger partial charge in [-0.3, -0.25) is 0 Å². The first-order valence-electron chi connectivity index (χ1n) is 4.52. The number of hydrogen-bond acceptors (Lipinski definition) is 2. The molecule has 5 heteroatoms. The van der Waals surface area contributed by atoms with Crippen molar-refractivity contribution in [2.24, 2.45) is 11.1 Å². The molecule has 86 valence electrons. The molecular formula is C10H16ClNO2S. The lowest BCUT2D eigenvalue weighted by Gasteiger charge is -2.09. The molecule has 1 rings (SSSR count). The monoisotopic (exact) mass is 249 g/mol. The van der Waals surface area contributed by atoms with E-state index in [1.165, 1.54) is 0 Å². The van der Waals surface area contributed by atoms with Crippen LogP contribution in [0, 0.1) is 5.92 Å². The van der Waals surface area contributed by atoms with E-state index in [-0.39, 0.29) is 17.3 Å². The Morgan fingerprint density at radius 3 is 2.27 bits per heavy atom. The van der Waals surface area contributed by atoms with Gasteiger partial charge in [0.2, 0.25) is 10.0 Å². The molecule has 15 heavy (non-hydrogen) atoms. The summed E-state index contributed by atoms with van der Waals surface area (Å²) < 4.78 is 22.4. The number of halogens is 1. The number of sulfonamides is 1. The first kappa shape index (κ1) is 14.4. The van der Waals surface area contributed by atoms with Gasteiger partial charge in [-0.15, -0.1) is 12.4 Å². The summed E-state index contributed by atoms with van der Waals surface area (Å²) in [5.74, 6) is 0.415. The smallest absolute Gasteiger partial charge is 0.225 e. The van der Waals surface area contributed by atoms with Crippen molar-refractivity contribution in [3.05, 3.63) is 29.8 Å². The largest absolute Gasteiger partial charge is 0.238 e. The number of benzene rings is 1. The van der Waals surface area contributed by atoms with Crippen LogP contribution in [0.3, 0.4) is 0 Å². The van der Waals surface area contributed by atoms with Crippen molar-refractivity contribution >= 4 is 22.4 Å². The maximum atomic E-state index is 11.2. The van der Waals surface area contributed by atoms with Crippen LogP contribution in [-0.2, 0) is 16.4 Å². The molecule has 1 aromatic rings. The maximum Gasteiger partial charge on any atom is 0.238 e. The molecule has 0 aromatic heterocycles. The first-order chi connectivity index (χ1) is 6.41. The van der Waals surface area contributed by atoms with Crippen molar-refractivity contribution in [3.63, 3.8) is 0 Å². The molecule has 0 heterocycles. The summed E-state index contributed by atoms with van der Waals surface area (Å²) in [7, 11) is -3.58. The fourth-order valence-electron chi connectivity index (χ4n) is 1.39. The van der Waals surface area contributed by atoms with Gasteiger partial charge in [0.25, 0.3) is 0 Å². The van der Waals surface area contributed by atoms with Crippen LogP contribution >= 0.6 is 12.4 Å². The van der Waals surface area contributed by atoms with Crippen LogP contribution in [0.2, 0.25) is 0 Å². The van der Waals surface area contributed by atoms with Crippen LogP contribution in [0.15, 0.2) is 29.2 Å². The molecule has 0 spiro atoms. The summed E-state index contributed by atoms with van der Waals surface area (Å²) in [6, 6.07) is 6.86. The van der Waals surface area contributed by atoms with Crippen molar-refractivity contribution < 1.29 is 8.42 Å². The van der Waals surface area contributed by atoms with E-state index in [4.69, 9.17) is 5.14 Å². The second-order valence-corrected chi connectivity index (χ2v) is 5.28. The Bertz CT molecular complexity index is 415. The van der Waals surface area contributed by atoms with E-state index in [0.717, 1.165) is 12.0 Å².